The Bertz CT molecular complexity index is 340. The van der Waals surface area contributed by atoms with Crippen LogP contribution in [-0.4, -0.2) is 17.6 Å². The van der Waals surface area contributed by atoms with Gasteiger partial charge in [-0.25, -0.2) is 0 Å². The minimum absolute atomic E-state index is 0.231. The number of thiophene rings is 1. The molecule has 0 bridgehead atoms. The number of nitrogens with two attached hydrogens (primary N) is 1. The van der Waals surface area contributed by atoms with Gasteiger partial charge in [-0.15, -0.1) is 11.3 Å². The van der Waals surface area contributed by atoms with Crippen molar-refractivity contribution in [3.05, 3.63) is 21.3 Å². The first-order chi connectivity index (χ1) is 7.13. The summed E-state index contributed by atoms with van der Waals surface area (Å²) in [6.07, 6.45) is 0.528. The summed E-state index contributed by atoms with van der Waals surface area (Å²) in [7, 11) is 0. The van der Waals surface area contributed by atoms with Crippen molar-refractivity contribution in [2.75, 3.05) is 6.54 Å². The maximum atomic E-state index is 8.34. The summed E-state index contributed by atoms with van der Waals surface area (Å²) in [6, 6.07) is 4.10. The number of amidine groups is 1. The highest BCUT2D eigenvalue weighted by Crippen LogP contribution is 2.26. The molecule has 1 atom stereocenters. The van der Waals surface area contributed by atoms with E-state index in [0.717, 1.165) is 4.34 Å². The quantitative estimate of drug-likeness (QED) is 0.323. The van der Waals surface area contributed by atoms with E-state index in [4.69, 9.17) is 22.5 Å². The van der Waals surface area contributed by atoms with Crippen LogP contribution < -0.4 is 11.1 Å². The van der Waals surface area contributed by atoms with Gasteiger partial charge in [-0.2, -0.15) is 0 Å². The largest absolute Gasteiger partial charge is 0.409 e. The third-order valence-corrected chi connectivity index (χ3v) is 3.39. The molecule has 15 heavy (non-hydrogen) atoms. The van der Waals surface area contributed by atoms with Crippen LogP contribution in [0.2, 0.25) is 4.34 Å². The van der Waals surface area contributed by atoms with Gasteiger partial charge < -0.3 is 16.3 Å². The smallest absolute Gasteiger partial charge is 0.140 e. The molecule has 0 saturated heterocycles. The minimum Gasteiger partial charge on any atom is -0.409 e. The van der Waals surface area contributed by atoms with E-state index in [9.17, 15) is 0 Å². The molecule has 1 rings (SSSR count). The molecule has 0 aliphatic heterocycles. The lowest BCUT2D eigenvalue weighted by Crippen LogP contribution is -2.24. The number of nitrogens with zero attached hydrogens (tertiary/aromatic N) is 1. The number of hydrogen-bond acceptors (Lipinski definition) is 4. The fourth-order valence-corrected chi connectivity index (χ4v) is 2.22. The second kappa shape index (κ2) is 5.95. The summed E-state index contributed by atoms with van der Waals surface area (Å²) in [5.74, 6) is 0.235. The predicted octanol–water partition coefficient (Wildman–Crippen LogP) is 2.19. The molecular weight excluding hydrogens is 234 g/mol. The van der Waals surface area contributed by atoms with Crippen molar-refractivity contribution in [1.82, 2.24) is 5.32 Å². The monoisotopic (exact) mass is 247 g/mol. The molecule has 0 spiro atoms. The van der Waals surface area contributed by atoms with E-state index in [-0.39, 0.29) is 11.9 Å². The molecule has 0 fully saturated rings. The fourth-order valence-electron chi connectivity index (χ4n) is 1.13. The molecule has 1 unspecified atom stereocenters. The number of oxime groups is 1. The van der Waals surface area contributed by atoms with Crippen LogP contribution in [0.1, 0.15) is 24.3 Å². The zero-order chi connectivity index (χ0) is 11.3. The summed E-state index contributed by atoms with van der Waals surface area (Å²) >= 11 is 7.38. The molecule has 84 valence electrons. The second-order valence-corrected chi connectivity index (χ2v) is 4.91. The molecule has 0 amide bonds. The summed E-state index contributed by atoms with van der Waals surface area (Å²) in [6.45, 7) is 2.72. The van der Waals surface area contributed by atoms with Gasteiger partial charge in [0.15, 0.2) is 0 Å². The molecule has 0 aromatic carbocycles. The molecule has 4 nitrogen and oxygen atoms in total. The maximum Gasteiger partial charge on any atom is 0.140 e. The number of rotatable bonds is 5. The lowest BCUT2D eigenvalue weighted by molar-refractivity contribution is 0.316. The zero-order valence-electron chi connectivity index (χ0n) is 8.40. The zero-order valence-corrected chi connectivity index (χ0v) is 9.98. The van der Waals surface area contributed by atoms with Gasteiger partial charge in [-0.05, 0) is 19.1 Å². The van der Waals surface area contributed by atoms with Crippen LogP contribution in [0.15, 0.2) is 17.3 Å². The summed E-state index contributed by atoms with van der Waals surface area (Å²) in [5.41, 5.74) is 5.34. The Morgan fingerprint density at radius 2 is 2.47 bits per heavy atom. The summed E-state index contributed by atoms with van der Waals surface area (Å²) < 4.78 is 0.787. The molecule has 4 N–H and O–H groups in total. The van der Waals surface area contributed by atoms with Crippen molar-refractivity contribution in [3.63, 3.8) is 0 Å². The molecule has 1 aromatic heterocycles. The highest BCUT2D eigenvalue weighted by Gasteiger charge is 2.07. The van der Waals surface area contributed by atoms with Crippen molar-refractivity contribution < 1.29 is 5.21 Å². The fraction of sp³-hybridized carbons (Fsp3) is 0.444. The van der Waals surface area contributed by atoms with E-state index in [1.165, 1.54) is 4.88 Å². The van der Waals surface area contributed by atoms with E-state index in [0.29, 0.717) is 13.0 Å². The van der Waals surface area contributed by atoms with Crippen molar-refractivity contribution in [2.24, 2.45) is 10.9 Å². The van der Waals surface area contributed by atoms with Crippen molar-refractivity contribution in [1.29, 1.82) is 0 Å². The third kappa shape index (κ3) is 4.07. The molecule has 0 saturated carbocycles. The lowest BCUT2D eigenvalue weighted by atomic mass is 10.2. The van der Waals surface area contributed by atoms with E-state index < -0.39 is 0 Å². The number of hydrogen-bond donors (Lipinski definition) is 3. The molecular formula is C9H14ClN3OS. The Kier molecular flexibility index (Phi) is 4.87. The van der Waals surface area contributed by atoms with Crippen molar-refractivity contribution in [2.45, 2.75) is 19.4 Å². The van der Waals surface area contributed by atoms with Gasteiger partial charge in [-0.3, -0.25) is 0 Å². The van der Waals surface area contributed by atoms with Crippen LogP contribution in [0, 0.1) is 0 Å². The Hall–Kier alpha value is -0.780. The first kappa shape index (κ1) is 12.3. The van der Waals surface area contributed by atoms with Crippen LogP contribution in [0.3, 0.4) is 0 Å². The Morgan fingerprint density at radius 3 is 3.00 bits per heavy atom. The number of halogens is 1. The maximum absolute atomic E-state index is 8.34. The SMILES string of the molecule is CC(NCCC(N)=NO)c1ccc(Cl)s1. The third-order valence-electron chi connectivity index (χ3n) is 1.98. The molecule has 1 heterocycles. The van der Waals surface area contributed by atoms with E-state index in [1.807, 2.05) is 12.1 Å². The lowest BCUT2D eigenvalue weighted by Gasteiger charge is -2.11. The summed E-state index contributed by atoms with van der Waals surface area (Å²) in [4.78, 5) is 1.18. The van der Waals surface area contributed by atoms with Crippen LogP contribution in [-0.2, 0) is 0 Å². The van der Waals surface area contributed by atoms with Crippen LogP contribution in [0.25, 0.3) is 0 Å². The van der Waals surface area contributed by atoms with Gasteiger partial charge in [0.2, 0.25) is 0 Å². The first-order valence-corrected chi connectivity index (χ1v) is 5.78. The average Bonchev–Trinajstić information content (AvgIpc) is 2.64. The first-order valence-electron chi connectivity index (χ1n) is 4.58. The van der Waals surface area contributed by atoms with Crippen LogP contribution in [0.5, 0.6) is 0 Å². The van der Waals surface area contributed by atoms with Crippen LogP contribution >= 0.6 is 22.9 Å². The molecule has 6 heteroatoms. The topological polar surface area (TPSA) is 70.6 Å². The molecule has 0 aliphatic carbocycles. The van der Waals surface area contributed by atoms with Crippen molar-refractivity contribution >= 4 is 28.8 Å². The summed E-state index contributed by atoms with van der Waals surface area (Å²) in [5, 5.41) is 14.5. The van der Waals surface area contributed by atoms with Gasteiger partial charge in [0.25, 0.3) is 0 Å². The van der Waals surface area contributed by atoms with Gasteiger partial charge in [0, 0.05) is 23.9 Å². The molecule has 1 aromatic rings. The van der Waals surface area contributed by atoms with Gasteiger partial charge in [0.1, 0.15) is 5.84 Å². The standard InChI is InChI=1S/C9H14ClN3OS/c1-6(7-2-3-8(10)15-7)12-5-4-9(11)13-14/h2-3,6,12,14H,4-5H2,1H3,(H2,11,13). The Balaban J connectivity index is 2.33. The highest BCUT2D eigenvalue weighted by atomic mass is 35.5. The van der Waals surface area contributed by atoms with Crippen LogP contribution in [0.4, 0.5) is 0 Å². The van der Waals surface area contributed by atoms with Crippen molar-refractivity contribution in [3.8, 4) is 0 Å². The predicted molar refractivity (Wildman–Crippen MR) is 63.8 cm³/mol. The normalized spacial score (nSPS) is 14.1. The van der Waals surface area contributed by atoms with Gasteiger partial charge in [0.05, 0.1) is 4.34 Å². The Morgan fingerprint density at radius 1 is 1.73 bits per heavy atom. The van der Waals surface area contributed by atoms with E-state index in [1.54, 1.807) is 11.3 Å². The number of nitrogens with one attached hydrogen (secondary N) is 1. The second-order valence-electron chi connectivity index (χ2n) is 3.16. The average molecular weight is 248 g/mol. The van der Waals surface area contributed by atoms with E-state index >= 15 is 0 Å². The minimum atomic E-state index is 0.231. The highest BCUT2D eigenvalue weighted by molar-refractivity contribution is 7.16. The Labute approximate surface area is 97.7 Å². The van der Waals surface area contributed by atoms with E-state index in [2.05, 4.69) is 17.4 Å². The van der Waals surface area contributed by atoms with Gasteiger partial charge in [-0.1, -0.05) is 16.8 Å². The molecule has 0 radical (unpaired) electrons. The van der Waals surface area contributed by atoms with Gasteiger partial charge >= 0.3 is 0 Å². The molecule has 0 aliphatic rings.